The smallest absolute Gasteiger partial charge is 0.296 e. The summed E-state index contributed by atoms with van der Waals surface area (Å²) in [5.41, 5.74) is 0.861. The zero-order valence-corrected chi connectivity index (χ0v) is 15.7. The van der Waals surface area contributed by atoms with Crippen molar-refractivity contribution >= 4 is 38.8 Å². The minimum atomic E-state index is -0.553. The Labute approximate surface area is 159 Å². The summed E-state index contributed by atoms with van der Waals surface area (Å²) in [5, 5.41) is 14.7. The van der Waals surface area contributed by atoms with Crippen LogP contribution in [0.5, 0.6) is 5.75 Å². The minimum absolute atomic E-state index is 0.0824. The van der Waals surface area contributed by atoms with Crippen LogP contribution < -0.4 is 10.1 Å². The summed E-state index contributed by atoms with van der Waals surface area (Å²) in [7, 11) is 3.22. The molecule has 0 saturated carbocycles. The maximum atomic E-state index is 12.3. The van der Waals surface area contributed by atoms with Crippen molar-refractivity contribution in [2.45, 2.75) is 6.54 Å². The first-order chi connectivity index (χ1) is 13.0. The number of rotatable bonds is 7. The van der Waals surface area contributed by atoms with E-state index in [9.17, 15) is 14.9 Å². The van der Waals surface area contributed by atoms with Crippen LogP contribution in [0.3, 0.4) is 0 Å². The first kappa shape index (κ1) is 18.7. The van der Waals surface area contributed by atoms with Crippen LogP contribution in [0.2, 0.25) is 0 Å². The molecule has 0 bridgehead atoms. The summed E-state index contributed by atoms with van der Waals surface area (Å²) in [6, 6.07) is 12.2. The molecule has 1 N–H and O–H groups in total. The number of para-hydroxylation sites is 1. The van der Waals surface area contributed by atoms with Crippen LogP contribution in [-0.2, 0) is 11.3 Å². The van der Waals surface area contributed by atoms with Crippen LogP contribution in [0.25, 0.3) is 10.2 Å². The number of amides is 1. The van der Waals surface area contributed by atoms with Gasteiger partial charge in [0.2, 0.25) is 5.91 Å². The second-order valence-electron chi connectivity index (χ2n) is 5.94. The fourth-order valence-electron chi connectivity index (χ4n) is 2.60. The zero-order valence-electron chi connectivity index (χ0n) is 14.8. The first-order valence-electron chi connectivity index (χ1n) is 8.11. The molecule has 3 aromatic rings. The molecule has 8 nitrogen and oxygen atoms in total. The maximum absolute atomic E-state index is 12.3. The van der Waals surface area contributed by atoms with Gasteiger partial charge in [-0.1, -0.05) is 12.1 Å². The van der Waals surface area contributed by atoms with Crippen molar-refractivity contribution < 1.29 is 14.5 Å². The molecule has 0 aliphatic carbocycles. The monoisotopic (exact) mass is 386 g/mol. The molecule has 3 rings (SSSR count). The maximum Gasteiger partial charge on any atom is 0.296 e. The molecule has 0 atom stereocenters. The van der Waals surface area contributed by atoms with Crippen molar-refractivity contribution in [2.24, 2.45) is 0 Å². The highest BCUT2D eigenvalue weighted by Crippen LogP contribution is 2.29. The average molecular weight is 386 g/mol. The minimum Gasteiger partial charge on any atom is -0.496 e. The molecule has 9 heteroatoms. The molecule has 27 heavy (non-hydrogen) atoms. The van der Waals surface area contributed by atoms with Gasteiger partial charge in [-0.25, -0.2) is 4.98 Å². The van der Waals surface area contributed by atoms with E-state index in [1.165, 1.54) is 19.2 Å². The SMILES string of the molecule is COc1ccc(NC(=O)CN(C)Cc2nc3ccccc3s2)c([N+](=O)[O-])c1. The molecule has 140 valence electrons. The number of fused-ring (bicyclic) bond motifs is 1. The van der Waals surface area contributed by atoms with E-state index in [1.54, 1.807) is 24.5 Å². The molecule has 1 amide bonds. The predicted molar refractivity (Wildman–Crippen MR) is 104 cm³/mol. The lowest BCUT2D eigenvalue weighted by atomic mass is 10.2. The van der Waals surface area contributed by atoms with Gasteiger partial charge < -0.3 is 10.1 Å². The molecular formula is C18H18N4O4S. The fourth-order valence-corrected chi connectivity index (χ4v) is 3.65. The van der Waals surface area contributed by atoms with E-state index in [0.717, 1.165) is 15.2 Å². The number of carbonyl (C=O) groups is 1. The van der Waals surface area contributed by atoms with Gasteiger partial charge in [-0.15, -0.1) is 11.3 Å². The number of aromatic nitrogens is 1. The van der Waals surface area contributed by atoms with Gasteiger partial charge >= 0.3 is 0 Å². The topological polar surface area (TPSA) is 97.6 Å². The third kappa shape index (κ3) is 4.57. The Kier molecular flexibility index (Phi) is 5.63. The molecule has 1 heterocycles. The molecule has 2 aromatic carbocycles. The molecule has 0 fully saturated rings. The van der Waals surface area contributed by atoms with Crippen LogP contribution >= 0.6 is 11.3 Å². The second kappa shape index (κ2) is 8.11. The number of likely N-dealkylation sites (N-methyl/N-ethyl adjacent to an activating group) is 1. The van der Waals surface area contributed by atoms with Crippen molar-refractivity contribution in [1.29, 1.82) is 0 Å². The lowest BCUT2D eigenvalue weighted by Gasteiger charge is -2.15. The summed E-state index contributed by atoms with van der Waals surface area (Å²) in [6.45, 7) is 0.594. The summed E-state index contributed by atoms with van der Waals surface area (Å²) in [4.78, 5) is 29.3. The van der Waals surface area contributed by atoms with Gasteiger partial charge in [0.15, 0.2) is 0 Å². The highest BCUT2D eigenvalue weighted by Gasteiger charge is 2.18. The Morgan fingerprint density at radius 2 is 2.11 bits per heavy atom. The van der Waals surface area contributed by atoms with Gasteiger partial charge in [-0.3, -0.25) is 19.8 Å². The van der Waals surface area contributed by atoms with Gasteiger partial charge in [0.1, 0.15) is 16.4 Å². The summed E-state index contributed by atoms with van der Waals surface area (Å²) < 4.78 is 6.09. The number of nitro benzene ring substituents is 1. The van der Waals surface area contributed by atoms with Crippen molar-refractivity contribution in [3.8, 4) is 5.75 Å². The highest BCUT2D eigenvalue weighted by atomic mass is 32.1. The molecule has 0 aliphatic rings. The number of ether oxygens (including phenoxy) is 1. The lowest BCUT2D eigenvalue weighted by Crippen LogP contribution is -2.30. The number of carbonyl (C=O) groups excluding carboxylic acids is 1. The van der Waals surface area contributed by atoms with Crippen molar-refractivity contribution in [3.63, 3.8) is 0 Å². The van der Waals surface area contributed by atoms with Crippen LogP contribution in [-0.4, -0.2) is 41.4 Å². The Balaban J connectivity index is 1.64. The van der Waals surface area contributed by atoms with E-state index in [4.69, 9.17) is 4.74 Å². The lowest BCUT2D eigenvalue weighted by molar-refractivity contribution is -0.384. The number of nitro groups is 1. The molecule has 0 unspecified atom stereocenters. The third-order valence-corrected chi connectivity index (χ3v) is 4.85. The Hall–Kier alpha value is -3.04. The number of nitrogens with zero attached hydrogens (tertiary/aromatic N) is 3. The number of nitrogens with one attached hydrogen (secondary N) is 1. The summed E-state index contributed by atoms with van der Waals surface area (Å²) in [5.74, 6) is 0.0135. The largest absolute Gasteiger partial charge is 0.496 e. The van der Waals surface area contributed by atoms with Crippen LogP contribution in [0.4, 0.5) is 11.4 Å². The van der Waals surface area contributed by atoms with Crippen molar-refractivity contribution in [1.82, 2.24) is 9.88 Å². The van der Waals surface area contributed by atoms with E-state index in [2.05, 4.69) is 10.3 Å². The number of anilines is 1. The third-order valence-electron chi connectivity index (χ3n) is 3.83. The molecule has 0 aliphatic heterocycles. The van der Waals surface area contributed by atoms with E-state index in [1.807, 2.05) is 29.2 Å². The molecule has 0 saturated heterocycles. The van der Waals surface area contributed by atoms with E-state index >= 15 is 0 Å². The number of benzene rings is 2. The number of methoxy groups -OCH3 is 1. The van der Waals surface area contributed by atoms with Crippen LogP contribution in [0, 0.1) is 10.1 Å². The van der Waals surface area contributed by atoms with E-state index in [0.29, 0.717) is 12.3 Å². The predicted octanol–water partition coefficient (Wildman–Crippen LogP) is 3.28. The summed E-state index contributed by atoms with van der Waals surface area (Å²) in [6.07, 6.45) is 0. The number of hydrogen-bond donors (Lipinski definition) is 1. The van der Waals surface area contributed by atoms with Gasteiger partial charge in [0.25, 0.3) is 5.69 Å². The molecular weight excluding hydrogens is 368 g/mol. The van der Waals surface area contributed by atoms with Crippen LogP contribution in [0.15, 0.2) is 42.5 Å². The fraction of sp³-hybridized carbons (Fsp3) is 0.222. The first-order valence-corrected chi connectivity index (χ1v) is 8.93. The normalized spacial score (nSPS) is 10.9. The van der Waals surface area contributed by atoms with Gasteiger partial charge in [0, 0.05) is 0 Å². The van der Waals surface area contributed by atoms with Gasteiger partial charge in [-0.05, 0) is 31.3 Å². The van der Waals surface area contributed by atoms with Crippen molar-refractivity contribution in [2.75, 3.05) is 26.0 Å². The number of thiazole rings is 1. The Morgan fingerprint density at radius 1 is 1.33 bits per heavy atom. The molecule has 1 aromatic heterocycles. The van der Waals surface area contributed by atoms with Gasteiger partial charge in [0.05, 0.1) is 41.4 Å². The highest BCUT2D eigenvalue weighted by molar-refractivity contribution is 7.18. The molecule has 0 radical (unpaired) electrons. The molecule has 0 spiro atoms. The average Bonchev–Trinajstić information content (AvgIpc) is 3.03. The summed E-state index contributed by atoms with van der Waals surface area (Å²) >= 11 is 1.58. The van der Waals surface area contributed by atoms with Crippen LogP contribution in [0.1, 0.15) is 5.01 Å². The standard InChI is InChI=1S/C18H18N4O4S/c1-21(11-18-20-14-5-3-4-6-16(14)27-18)10-17(23)19-13-8-7-12(26-2)9-15(13)22(24)25/h3-9H,10-11H2,1-2H3,(H,19,23). The number of hydrogen-bond acceptors (Lipinski definition) is 7. The second-order valence-corrected chi connectivity index (χ2v) is 7.05. The van der Waals surface area contributed by atoms with E-state index < -0.39 is 4.92 Å². The Morgan fingerprint density at radius 3 is 2.81 bits per heavy atom. The van der Waals surface area contributed by atoms with Gasteiger partial charge in [-0.2, -0.15) is 0 Å². The van der Waals surface area contributed by atoms with E-state index in [-0.39, 0.29) is 23.8 Å². The quantitative estimate of drug-likeness (QED) is 0.494. The Bertz CT molecular complexity index is 955. The van der Waals surface area contributed by atoms with Crippen molar-refractivity contribution in [3.05, 3.63) is 57.6 Å². The zero-order chi connectivity index (χ0) is 19.4.